The van der Waals surface area contributed by atoms with Gasteiger partial charge < -0.3 is 4.90 Å². The van der Waals surface area contributed by atoms with Gasteiger partial charge in [0.2, 0.25) is 5.91 Å². The fourth-order valence-electron chi connectivity index (χ4n) is 5.19. The van der Waals surface area contributed by atoms with Crippen molar-refractivity contribution >= 4 is 11.7 Å². The summed E-state index contributed by atoms with van der Waals surface area (Å²) in [6.07, 6.45) is 1.06. The second-order valence-electron chi connectivity index (χ2n) is 8.02. The van der Waals surface area contributed by atoms with E-state index < -0.39 is 11.3 Å². The predicted molar refractivity (Wildman–Crippen MR) is 106 cm³/mol. The monoisotopic (exact) mass is 372 g/mol. The van der Waals surface area contributed by atoms with E-state index in [1.54, 1.807) is 0 Å². The van der Waals surface area contributed by atoms with Crippen LogP contribution in [0.4, 0.5) is 0 Å². The number of benzene rings is 2. The van der Waals surface area contributed by atoms with Crippen LogP contribution in [0, 0.1) is 29.1 Å². The summed E-state index contributed by atoms with van der Waals surface area (Å²) in [5.74, 6) is -1.04. The molecule has 1 unspecified atom stereocenters. The van der Waals surface area contributed by atoms with Crippen molar-refractivity contribution in [3.05, 3.63) is 71.8 Å². The number of amides is 1. The molecule has 2 aromatic rings. The van der Waals surface area contributed by atoms with Crippen molar-refractivity contribution in [2.45, 2.75) is 31.7 Å². The Morgan fingerprint density at radius 2 is 1.71 bits per heavy atom. The third-order valence-corrected chi connectivity index (χ3v) is 6.59. The number of likely N-dealkylation sites (tertiary alicyclic amines) is 1. The van der Waals surface area contributed by atoms with Gasteiger partial charge in [-0.1, -0.05) is 67.6 Å². The minimum Gasteiger partial charge on any atom is -0.338 e. The van der Waals surface area contributed by atoms with Gasteiger partial charge in [0, 0.05) is 19.0 Å². The molecule has 2 aromatic carbocycles. The molecule has 0 radical (unpaired) electrons. The summed E-state index contributed by atoms with van der Waals surface area (Å²) < 4.78 is 0. The molecule has 2 fully saturated rings. The van der Waals surface area contributed by atoms with Crippen LogP contribution in [0.15, 0.2) is 60.7 Å². The lowest BCUT2D eigenvalue weighted by Crippen LogP contribution is -2.62. The molecule has 28 heavy (non-hydrogen) atoms. The molecular formula is C24H24N2O2. The highest BCUT2D eigenvalue weighted by molar-refractivity contribution is 5.95. The van der Waals surface area contributed by atoms with Gasteiger partial charge in [0.05, 0.1) is 11.5 Å². The van der Waals surface area contributed by atoms with Crippen LogP contribution in [-0.2, 0) is 21.5 Å². The van der Waals surface area contributed by atoms with Gasteiger partial charge in [0.25, 0.3) is 0 Å². The second kappa shape index (κ2) is 7.24. The first kappa shape index (κ1) is 18.4. The van der Waals surface area contributed by atoms with Crippen LogP contribution in [0.1, 0.15) is 30.9 Å². The number of carbonyl (C=O) groups is 2. The van der Waals surface area contributed by atoms with Crippen molar-refractivity contribution in [1.29, 1.82) is 5.26 Å². The average Bonchev–Trinajstić information content (AvgIpc) is 2.74. The highest BCUT2D eigenvalue weighted by Crippen LogP contribution is 2.52. The lowest BCUT2D eigenvalue weighted by molar-refractivity contribution is -0.154. The van der Waals surface area contributed by atoms with Gasteiger partial charge in [-0.05, 0) is 29.9 Å². The number of nitriles is 1. The van der Waals surface area contributed by atoms with Crippen molar-refractivity contribution < 1.29 is 9.59 Å². The summed E-state index contributed by atoms with van der Waals surface area (Å²) in [6, 6.07) is 21.9. The summed E-state index contributed by atoms with van der Waals surface area (Å²) in [4.78, 5) is 28.5. The number of hydrogen-bond donors (Lipinski definition) is 0. The molecule has 4 rings (SSSR count). The van der Waals surface area contributed by atoms with Crippen molar-refractivity contribution in [2.24, 2.45) is 17.8 Å². The Hall–Kier alpha value is -2.93. The smallest absolute Gasteiger partial charge is 0.233 e. The zero-order valence-electron chi connectivity index (χ0n) is 16.0. The maximum atomic E-state index is 13.9. The molecule has 0 spiro atoms. The number of ketones is 1. The topological polar surface area (TPSA) is 61.2 Å². The molecule has 1 amide bonds. The molecule has 142 valence electrons. The molecule has 4 heteroatoms. The molecule has 4 atom stereocenters. The van der Waals surface area contributed by atoms with Crippen molar-refractivity contribution in [3.8, 4) is 6.07 Å². The van der Waals surface area contributed by atoms with Crippen LogP contribution in [0.3, 0.4) is 0 Å². The highest BCUT2D eigenvalue weighted by atomic mass is 16.2. The molecule has 1 aliphatic heterocycles. The normalized spacial score (nSPS) is 29.9. The summed E-state index contributed by atoms with van der Waals surface area (Å²) in [5.41, 5.74) is 1.22. The predicted octanol–water partition coefficient (Wildman–Crippen LogP) is 3.72. The van der Waals surface area contributed by atoms with Gasteiger partial charge in [-0.25, -0.2) is 0 Å². The third kappa shape index (κ3) is 2.82. The standard InChI is InChI=1S/C24H24N2O2/c1-17-21-12-13-26(16-18-8-4-2-5-9-18)23(28)24(21,14-19(15-25)22(17)27)20-10-6-3-7-11-20/h2-11,17,19,21H,12-14,16H2,1H3/t17-,19?,21-,24+/m0/s1. The molecule has 0 bridgehead atoms. The van der Waals surface area contributed by atoms with Crippen molar-refractivity contribution in [2.75, 3.05) is 6.54 Å². The Morgan fingerprint density at radius 3 is 2.36 bits per heavy atom. The van der Waals surface area contributed by atoms with E-state index in [-0.39, 0.29) is 29.9 Å². The van der Waals surface area contributed by atoms with Crippen molar-refractivity contribution in [3.63, 3.8) is 0 Å². The first-order valence-electron chi connectivity index (χ1n) is 9.90. The minimum absolute atomic E-state index is 0.0108. The highest BCUT2D eigenvalue weighted by Gasteiger charge is 2.59. The number of fused-ring (bicyclic) bond motifs is 1. The largest absolute Gasteiger partial charge is 0.338 e. The summed E-state index contributed by atoms with van der Waals surface area (Å²) in [6.45, 7) is 3.09. The van der Waals surface area contributed by atoms with Gasteiger partial charge in [0.15, 0.2) is 5.78 Å². The lowest BCUT2D eigenvalue weighted by Gasteiger charge is -2.52. The van der Waals surface area contributed by atoms with Crippen LogP contribution < -0.4 is 0 Å². The van der Waals surface area contributed by atoms with Crippen LogP contribution in [0.2, 0.25) is 0 Å². The maximum absolute atomic E-state index is 13.9. The molecule has 1 aliphatic carbocycles. The molecular weight excluding hydrogens is 348 g/mol. The Bertz CT molecular complexity index is 919. The average molecular weight is 372 g/mol. The van der Waals surface area contributed by atoms with Gasteiger partial charge in [-0.2, -0.15) is 5.26 Å². The molecule has 1 saturated carbocycles. The van der Waals surface area contributed by atoms with E-state index in [1.165, 1.54) is 0 Å². The molecule has 1 heterocycles. The van der Waals surface area contributed by atoms with Crippen LogP contribution in [-0.4, -0.2) is 23.1 Å². The fourth-order valence-corrected chi connectivity index (χ4v) is 5.19. The Morgan fingerprint density at radius 1 is 1.07 bits per heavy atom. The molecule has 0 N–H and O–H groups in total. The molecule has 4 nitrogen and oxygen atoms in total. The zero-order valence-corrected chi connectivity index (χ0v) is 16.0. The summed E-state index contributed by atoms with van der Waals surface area (Å²) in [5, 5.41) is 9.62. The van der Waals surface area contributed by atoms with Gasteiger partial charge in [-0.3, -0.25) is 9.59 Å². The van der Waals surface area contributed by atoms with Gasteiger partial charge >= 0.3 is 0 Å². The second-order valence-corrected chi connectivity index (χ2v) is 8.02. The first-order chi connectivity index (χ1) is 13.6. The molecule has 0 aromatic heterocycles. The number of rotatable bonds is 3. The Labute approximate surface area is 165 Å². The lowest BCUT2D eigenvalue weighted by atomic mass is 9.53. The SMILES string of the molecule is C[C@@H]1C(=O)C(C#N)C[C@]2(c3ccccc3)C(=O)N(Cc3ccccc3)CC[C@@H]12. The van der Waals surface area contributed by atoms with E-state index in [1.807, 2.05) is 72.5 Å². The van der Waals surface area contributed by atoms with E-state index in [0.29, 0.717) is 13.1 Å². The first-order valence-corrected chi connectivity index (χ1v) is 9.90. The van der Waals surface area contributed by atoms with E-state index in [2.05, 4.69) is 6.07 Å². The summed E-state index contributed by atoms with van der Waals surface area (Å²) >= 11 is 0. The van der Waals surface area contributed by atoms with Gasteiger partial charge in [0.1, 0.15) is 5.92 Å². The molecule has 1 saturated heterocycles. The van der Waals surface area contributed by atoms with Crippen LogP contribution >= 0.6 is 0 Å². The maximum Gasteiger partial charge on any atom is 0.233 e. The fraction of sp³-hybridized carbons (Fsp3) is 0.375. The number of piperidine rings is 1. The number of Topliss-reactive ketones (excluding diaryl/α,β-unsaturated/α-hetero) is 1. The Kier molecular flexibility index (Phi) is 4.77. The number of nitrogens with zero attached hydrogens (tertiary/aromatic N) is 2. The number of hydrogen-bond acceptors (Lipinski definition) is 3. The van der Waals surface area contributed by atoms with E-state index in [0.717, 1.165) is 17.5 Å². The summed E-state index contributed by atoms with van der Waals surface area (Å²) in [7, 11) is 0. The Balaban J connectivity index is 1.78. The zero-order chi connectivity index (χ0) is 19.7. The van der Waals surface area contributed by atoms with Crippen LogP contribution in [0.25, 0.3) is 0 Å². The minimum atomic E-state index is -0.804. The van der Waals surface area contributed by atoms with Crippen molar-refractivity contribution in [1.82, 2.24) is 4.90 Å². The van der Waals surface area contributed by atoms with E-state index in [4.69, 9.17) is 0 Å². The number of carbonyl (C=O) groups excluding carboxylic acids is 2. The quantitative estimate of drug-likeness (QED) is 0.825. The van der Waals surface area contributed by atoms with E-state index in [9.17, 15) is 14.9 Å². The van der Waals surface area contributed by atoms with Crippen LogP contribution in [0.5, 0.6) is 0 Å². The van der Waals surface area contributed by atoms with Gasteiger partial charge in [-0.15, -0.1) is 0 Å². The third-order valence-electron chi connectivity index (χ3n) is 6.59. The van der Waals surface area contributed by atoms with E-state index >= 15 is 0 Å². The molecule has 2 aliphatic rings.